The van der Waals surface area contributed by atoms with E-state index in [0.717, 1.165) is 6.42 Å². The molecule has 0 aromatic heterocycles. The summed E-state index contributed by atoms with van der Waals surface area (Å²) in [5.74, 6) is 1.12. The smallest absolute Gasteiger partial charge is 0.227 e. The van der Waals surface area contributed by atoms with Crippen LogP contribution in [0.5, 0.6) is 11.5 Å². The third-order valence-corrected chi connectivity index (χ3v) is 5.18. The summed E-state index contributed by atoms with van der Waals surface area (Å²) in [6.45, 7) is 5.08. The molecule has 1 aliphatic heterocycles. The summed E-state index contributed by atoms with van der Waals surface area (Å²) in [6, 6.07) is 5.36. The molecule has 2 rings (SSSR count). The van der Waals surface area contributed by atoms with Gasteiger partial charge in [-0.25, -0.2) is 0 Å². The van der Waals surface area contributed by atoms with Crippen LogP contribution in [0.25, 0.3) is 0 Å². The van der Waals surface area contributed by atoms with Crippen molar-refractivity contribution in [3.63, 3.8) is 0 Å². The van der Waals surface area contributed by atoms with Gasteiger partial charge in [-0.3, -0.25) is 9.59 Å². The number of anilines is 1. The molecule has 158 valence electrons. The Hall–Kier alpha value is -1.99. The number of amides is 2. The molecule has 0 radical (unpaired) electrons. The minimum Gasteiger partial charge on any atom is -0.497 e. The molecular formula is C20H32ClN3O4. The van der Waals surface area contributed by atoms with Gasteiger partial charge in [-0.2, -0.15) is 0 Å². The predicted molar refractivity (Wildman–Crippen MR) is 112 cm³/mol. The van der Waals surface area contributed by atoms with E-state index in [1.165, 1.54) is 0 Å². The van der Waals surface area contributed by atoms with E-state index in [2.05, 4.69) is 13.8 Å². The van der Waals surface area contributed by atoms with Gasteiger partial charge in [0.1, 0.15) is 11.5 Å². The second-order valence-electron chi connectivity index (χ2n) is 7.40. The summed E-state index contributed by atoms with van der Waals surface area (Å²) >= 11 is 0. The lowest BCUT2D eigenvalue weighted by molar-refractivity contribution is -0.134. The SMILES string of the molecule is COc1ccc(N2CC(C(=O)N(C)CCC(N)C(C)C)CC2=O)c(OC)c1.Cl. The molecule has 0 bridgehead atoms. The summed E-state index contributed by atoms with van der Waals surface area (Å²) in [7, 11) is 4.90. The van der Waals surface area contributed by atoms with E-state index in [9.17, 15) is 9.59 Å². The quantitative estimate of drug-likeness (QED) is 0.706. The Morgan fingerprint density at radius 1 is 1.32 bits per heavy atom. The zero-order valence-corrected chi connectivity index (χ0v) is 18.1. The first-order chi connectivity index (χ1) is 12.8. The Balaban J connectivity index is 0.00000392. The molecule has 8 heteroatoms. The molecule has 0 spiro atoms. The first kappa shape index (κ1) is 24.0. The molecule has 0 aliphatic carbocycles. The van der Waals surface area contributed by atoms with Crippen LogP contribution < -0.4 is 20.1 Å². The van der Waals surface area contributed by atoms with E-state index in [4.69, 9.17) is 15.2 Å². The maximum absolute atomic E-state index is 12.8. The van der Waals surface area contributed by atoms with Gasteiger partial charge in [0.25, 0.3) is 0 Å². The molecule has 2 amide bonds. The molecule has 1 aromatic rings. The molecule has 1 fully saturated rings. The molecule has 2 N–H and O–H groups in total. The van der Waals surface area contributed by atoms with E-state index >= 15 is 0 Å². The third-order valence-electron chi connectivity index (χ3n) is 5.18. The number of carbonyl (C=O) groups excluding carboxylic acids is 2. The topological polar surface area (TPSA) is 85.1 Å². The fourth-order valence-electron chi connectivity index (χ4n) is 3.21. The van der Waals surface area contributed by atoms with Crippen molar-refractivity contribution in [3.05, 3.63) is 18.2 Å². The number of methoxy groups -OCH3 is 2. The fourth-order valence-corrected chi connectivity index (χ4v) is 3.21. The number of ether oxygens (including phenoxy) is 2. The second-order valence-corrected chi connectivity index (χ2v) is 7.40. The van der Waals surface area contributed by atoms with E-state index in [-0.39, 0.29) is 42.6 Å². The maximum atomic E-state index is 12.8. The van der Waals surface area contributed by atoms with Crippen LogP contribution in [-0.2, 0) is 9.59 Å². The highest BCUT2D eigenvalue weighted by Crippen LogP contribution is 2.36. The Labute approximate surface area is 173 Å². The van der Waals surface area contributed by atoms with Crippen molar-refractivity contribution in [3.8, 4) is 11.5 Å². The van der Waals surface area contributed by atoms with Gasteiger partial charge >= 0.3 is 0 Å². The maximum Gasteiger partial charge on any atom is 0.227 e. The average Bonchev–Trinajstić information content (AvgIpc) is 3.05. The fraction of sp³-hybridized carbons (Fsp3) is 0.600. The van der Waals surface area contributed by atoms with Crippen LogP contribution in [-0.4, -0.2) is 57.1 Å². The van der Waals surface area contributed by atoms with Gasteiger partial charge in [-0.1, -0.05) is 13.8 Å². The summed E-state index contributed by atoms with van der Waals surface area (Å²) in [4.78, 5) is 28.6. The highest BCUT2D eigenvalue weighted by Gasteiger charge is 2.37. The van der Waals surface area contributed by atoms with Gasteiger partial charge in [-0.05, 0) is 24.5 Å². The van der Waals surface area contributed by atoms with Crippen LogP contribution in [0, 0.1) is 11.8 Å². The Morgan fingerprint density at radius 2 is 2.00 bits per heavy atom. The van der Waals surface area contributed by atoms with Gasteiger partial charge in [0, 0.05) is 38.7 Å². The lowest BCUT2D eigenvalue weighted by Crippen LogP contribution is -2.38. The summed E-state index contributed by atoms with van der Waals surface area (Å²) < 4.78 is 10.6. The largest absolute Gasteiger partial charge is 0.497 e. The van der Waals surface area contributed by atoms with Crippen molar-refractivity contribution in [2.75, 3.05) is 39.3 Å². The number of halogens is 1. The summed E-state index contributed by atoms with van der Waals surface area (Å²) in [5.41, 5.74) is 6.73. The number of nitrogens with two attached hydrogens (primary N) is 1. The Bertz CT molecular complexity index is 683. The van der Waals surface area contributed by atoms with Crippen molar-refractivity contribution < 1.29 is 19.1 Å². The van der Waals surface area contributed by atoms with Crippen molar-refractivity contribution in [2.24, 2.45) is 17.6 Å². The lowest BCUT2D eigenvalue weighted by Gasteiger charge is -2.24. The standard InChI is InChI=1S/C20H31N3O4.ClH/c1-13(2)16(21)8-9-22(3)20(25)14-10-19(24)23(12-14)17-7-6-15(26-4)11-18(17)27-5;/h6-7,11,13-14,16H,8-10,12,21H2,1-5H3;1H. The molecule has 1 aliphatic rings. The summed E-state index contributed by atoms with van der Waals surface area (Å²) in [6.07, 6.45) is 0.950. The molecule has 1 aromatic carbocycles. The number of rotatable bonds is 8. The number of hydrogen-bond donors (Lipinski definition) is 1. The summed E-state index contributed by atoms with van der Waals surface area (Å²) in [5, 5.41) is 0. The molecule has 2 atom stereocenters. The molecule has 1 saturated heterocycles. The van der Waals surface area contributed by atoms with Gasteiger partial charge in [0.2, 0.25) is 11.8 Å². The van der Waals surface area contributed by atoms with E-state index in [1.807, 2.05) is 0 Å². The highest BCUT2D eigenvalue weighted by atomic mass is 35.5. The van der Waals surface area contributed by atoms with Crippen LogP contribution in [0.3, 0.4) is 0 Å². The lowest BCUT2D eigenvalue weighted by atomic mass is 10.0. The van der Waals surface area contributed by atoms with Gasteiger partial charge in [0.15, 0.2) is 0 Å². The molecular weight excluding hydrogens is 382 g/mol. The van der Waals surface area contributed by atoms with Gasteiger partial charge in [-0.15, -0.1) is 12.4 Å². The van der Waals surface area contributed by atoms with Crippen LogP contribution in [0.1, 0.15) is 26.7 Å². The third kappa shape index (κ3) is 5.52. The minimum absolute atomic E-state index is 0. The molecule has 1 heterocycles. The van der Waals surface area contributed by atoms with Crippen LogP contribution in [0.15, 0.2) is 18.2 Å². The first-order valence-corrected chi connectivity index (χ1v) is 9.31. The van der Waals surface area contributed by atoms with Crippen molar-refractivity contribution in [1.82, 2.24) is 4.90 Å². The van der Waals surface area contributed by atoms with Crippen LogP contribution in [0.4, 0.5) is 5.69 Å². The predicted octanol–water partition coefficient (Wildman–Crippen LogP) is 2.31. The first-order valence-electron chi connectivity index (χ1n) is 9.31. The zero-order valence-electron chi connectivity index (χ0n) is 17.3. The highest BCUT2D eigenvalue weighted by molar-refractivity contribution is 6.01. The zero-order chi connectivity index (χ0) is 20.1. The van der Waals surface area contributed by atoms with E-state index in [0.29, 0.717) is 36.2 Å². The van der Waals surface area contributed by atoms with Gasteiger partial charge in [0.05, 0.1) is 25.8 Å². The number of benzene rings is 1. The van der Waals surface area contributed by atoms with Crippen molar-refractivity contribution in [1.29, 1.82) is 0 Å². The second kappa shape index (κ2) is 10.5. The number of carbonyl (C=O) groups is 2. The average molecular weight is 414 g/mol. The van der Waals surface area contributed by atoms with Crippen LogP contribution in [0.2, 0.25) is 0 Å². The number of hydrogen-bond acceptors (Lipinski definition) is 5. The monoisotopic (exact) mass is 413 g/mol. The Morgan fingerprint density at radius 3 is 2.57 bits per heavy atom. The van der Waals surface area contributed by atoms with Crippen molar-refractivity contribution in [2.45, 2.75) is 32.7 Å². The van der Waals surface area contributed by atoms with Crippen LogP contribution >= 0.6 is 12.4 Å². The Kier molecular flexibility index (Phi) is 9.04. The van der Waals surface area contributed by atoms with Crippen molar-refractivity contribution >= 4 is 29.9 Å². The van der Waals surface area contributed by atoms with Gasteiger partial charge < -0.3 is 25.0 Å². The molecule has 28 heavy (non-hydrogen) atoms. The van der Waals surface area contributed by atoms with E-state index in [1.54, 1.807) is 49.3 Å². The number of nitrogens with zero attached hydrogens (tertiary/aromatic N) is 2. The minimum atomic E-state index is -0.357. The van der Waals surface area contributed by atoms with E-state index < -0.39 is 0 Å². The molecule has 0 saturated carbocycles. The molecule has 7 nitrogen and oxygen atoms in total. The normalized spacial score (nSPS) is 17.3. The molecule has 2 unspecified atom stereocenters.